The van der Waals surface area contributed by atoms with Crippen molar-refractivity contribution < 1.29 is 4.42 Å². The summed E-state index contributed by atoms with van der Waals surface area (Å²) in [6.45, 7) is 8.20. The molecule has 0 amide bonds. The Morgan fingerprint density at radius 2 is 2.18 bits per heavy atom. The molecule has 92 valence electrons. The number of nitrogen functional groups attached to an aromatic ring is 1. The van der Waals surface area contributed by atoms with Crippen molar-refractivity contribution in [1.29, 1.82) is 0 Å². The third-order valence-electron chi connectivity index (χ3n) is 2.93. The molecule has 0 bridgehead atoms. The number of rotatable bonds is 4. The maximum absolute atomic E-state index is 5.71. The van der Waals surface area contributed by atoms with Crippen molar-refractivity contribution in [1.82, 2.24) is 9.88 Å². The molecule has 1 aromatic heterocycles. The largest absolute Gasteiger partial charge is 0.439 e. The highest BCUT2D eigenvalue weighted by Gasteiger charge is 2.12. The molecule has 0 unspecified atom stereocenters. The van der Waals surface area contributed by atoms with E-state index in [-0.39, 0.29) is 0 Å². The molecule has 1 heterocycles. The van der Waals surface area contributed by atoms with E-state index in [9.17, 15) is 0 Å². The lowest BCUT2D eigenvalue weighted by atomic mass is 10.3. The summed E-state index contributed by atoms with van der Waals surface area (Å²) in [5, 5.41) is 0. The van der Waals surface area contributed by atoms with Crippen LogP contribution >= 0.6 is 0 Å². The summed E-state index contributed by atoms with van der Waals surface area (Å²) < 4.78 is 5.70. The summed E-state index contributed by atoms with van der Waals surface area (Å²) in [7, 11) is 0. The smallest absolute Gasteiger partial charge is 0.209 e. The van der Waals surface area contributed by atoms with Gasteiger partial charge in [-0.3, -0.25) is 4.90 Å². The van der Waals surface area contributed by atoms with E-state index in [1.807, 2.05) is 18.2 Å². The monoisotopic (exact) mass is 233 g/mol. The predicted octanol–water partition coefficient (Wildman–Crippen LogP) is 2.64. The van der Waals surface area contributed by atoms with Crippen molar-refractivity contribution in [2.24, 2.45) is 0 Å². The Kier molecular flexibility index (Phi) is 3.33. The van der Waals surface area contributed by atoms with Gasteiger partial charge in [-0.2, -0.15) is 0 Å². The highest BCUT2D eigenvalue weighted by Crippen LogP contribution is 2.19. The number of benzene rings is 1. The first kappa shape index (κ1) is 11.9. The number of fused-ring (bicyclic) bond motifs is 1. The van der Waals surface area contributed by atoms with Crippen molar-refractivity contribution in [3.8, 4) is 0 Å². The highest BCUT2D eigenvalue weighted by molar-refractivity contribution is 5.76. The van der Waals surface area contributed by atoms with E-state index in [1.165, 1.54) is 0 Å². The molecule has 0 saturated heterocycles. The fraction of sp³-hybridized carbons (Fsp3) is 0.462. The Morgan fingerprint density at radius 1 is 1.41 bits per heavy atom. The molecular weight excluding hydrogens is 214 g/mol. The third kappa shape index (κ3) is 2.58. The van der Waals surface area contributed by atoms with E-state index in [0.29, 0.717) is 11.7 Å². The molecular formula is C13H19N3O. The quantitative estimate of drug-likeness (QED) is 0.825. The Morgan fingerprint density at radius 3 is 2.82 bits per heavy atom. The highest BCUT2D eigenvalue weighted by atomic mass is 16.3. The van der Waals surface area contributed by atoms with Crippen molar-refractivity contribution in [2.75, 3.05) is 12.3 Å². The summed E-state index contributed by atoms with van der Waals surface area (Å²) in [4.78, 5) is 6.76. The first-order valence-electron chi connectivity index (χ1n) is 5.99. The Bertz CT molecular complexity index is 504. The third-order valence-corrected chi connectivity index (χ3v) is 2.93. The predicted molar refractivity (Wildman–Crippen MR) is 69.6 cm³/mol. The molecule has 2 rings (SSSR count). The molecule has 17 heavy (non-hydrogen) atoms. The minimum atomic E-state index is 0.486. The maximum Gasteiger partial charge on any atom is 0.209 e. The van der Waals surface area contributed by atoms with E-state index in [0.717, 1.165) is 30.1 Å². The summed E-state index contributed by atoms with van der Waals surface area (Å²) >= 11 is 0. The zero-order valence-corrected chi connectivity index (χ0v) is 10.6. The van der Waals surface area contributed by atoms with Crippen LogP contribution in [0.5, 0.6) is 0 Å². The Balaban J connectivity index is 2.24. The molecule has 2 aromatic rings. The number of hydrogen-bond donors (Lipinski definition) is 1. The van der Waals surface area contributed by atoms with Gasteiger partial charge in [0.25, 0.3) is 0 Å². The van der Waals surface area contributed by atoms with E-state index < -0.39 is 0 Å². The van der Waals surface area contributed by atoms with Crippen molar-refractivity contribution in [3.63, 3.8) is 0 Å². The topological polar surface area (TPSA) is 55.3 Å². The lowest BCUT2D eigenvalue weighted by Crippen LogP contribution is -2.30. The zero-order chi connectivity index (χ0) is 12.4. The minimum absolute atomic E-state index is 0.486. The molecule has 1 aromatic carbocycles. The van der Waals surface area contributed by atoms with Gasteiger partial charge in [0.15, 0.2) is 5.58 Å². The summed E-state index contributed by atoms with van der Waals surface area (Å²) in [5.41, 5.74) is 8.05. The first-order chi connectivity index (χ1) is 8.10. The van der Waals surface area contributed by atoms with Crippen LogP contribution in [0.1, 0.15) is 26.7 Å². The standard InChI is InChI=1S/C13H19N3O/c1-4-16(9(2)3)8-13-15-11-6-5-10(14)7-12(11)17-13/h5-7,9H,4,8,14H2,1-3H3. The van der Waals surface area contributed by atoms with Crippen molar-refractivity contribution in [2.45, 2.75) is 33.4 Å². The van der Waals surface area contributed by atoms with Gasteiger partial charge >= 0.3 is 0 Å². The van der Waals surface area contributed by atoms with Gasteiger partial charge in [0, 0.05) is 17.8 Å². The van der Waals surface area contributed by atoms with Crippen LogP contribution in [-0.4, -0.2) is 22.5 Å². The average Bonchev–Trinajstić information content (AvgIpc) is 2.66. The fourth-order valence-corrected chi connectivity index (χ4v) is 1.89. The van der Waals surface area contributed by atoms with Crippen LogP contribution < -0.4 is 5.73 Å². The SMILES string of the molecule is CCN(Cc1nc2ccc(N)cc2o1)C(C)C. The molecule has 0 spiro atoms. The molecule has 0 saturated carbocycles. The average molecular weight is 233 g/mol. The van der Waals surface area contributed by atoms with E-state index >= 15 is 0 Å². The number of hydrogen-bond acceptors (Lipinski definition) is 4. The van der Waals surface area contributed by atoms with Gasteiger partial charge in [0.2, 0.25) is 5.89 Å². The molecule has 4 nitrogen and oxygen atoms in total. The molecule has 0 fully saturated rings. The van der Waals surface area contributed by atoms with Gasteiger partial charge in [-0.15, -0.1) is 0 Å². The Hall–Kier alpha value is -1.55. The lowest BCUT2D eigenvalue weighted by Gasteiger charge is -2.22. The van der Waals surface area contributed by atoms with Gasteiger partial charge in [0.05, 0.1) is 6.54 Å². The van der Waals surface area contributed by atoms with Crippen LogP contribution in [0.15, 0.2) is 22.6 Å². The molecule has 0 atom stereocenters. The number of oxazole rings is 1. The molecule has 0 aliphatic carbocycles. The molecule has 4 heteroatoms. The zero-order valence-electron chi connectivity index (χ0n) is 10.6. The van der Waals surface area contributed by atoms with Crippen molar-refractivity contribution in [3.05, 3.63) is 24.1 Å². The van der Waals surface area contributed by atoms with Crippen LogP contribution in [0.3, 0.4) is 0 Å². The molecule has 0 radical (unpaired) electrons. The summed E-state index contributed by atoms with van der Waals surface area (Å²) in [6.07, 6.45) is 0. The van der Waals surface area contributed by atoms with Crippen molar-refractivity contribution >= 4 is 16.8 Å². The molecule has 0 aliphatic rings. The molecule has 0 aliphatic heterocycles. The van der Waals surface area contributed by atoms with Gasteiger partial charge < -0.3 is 10.2 Å². The van der Waals surface area contributed by atoms with Crippen LogP contribution in [0.25, 0.3) is 11.1 Å². The summed E-state index contributed by atoms with van der Waals surface area (Å²) in [6, 6.07) is 6.04. The lowest BCUT2D eigenvalue weighted by molar-refractivity contribution is 0.205. The van der Waals surface area contributed by atoms with E-state index in [4.69, 9.17) is 10.2 Å². The van der Waals surface area contributed by atoms with Crippen LogP contribution in [0, 0.1) is 0 Å². The fourth-order valence-electron chi connectivity index (χ4n) is 1.89. The number of nitrogens with zero attached hydrogens (tertiary/aromatic N) is 2. The van der Waals surface area contributed by atoms with E-state index in [2.05, 4.69) is 30.7 Å². The number of aromatic nitrogens is 1. The first-order valence-corrected chi connectivity index (χ1v) is 5.99. The summed E-state index contributed by atoms with van der Waals surface area (Å²) in [5.74, 6) is 0.751. The second kappa shape index (κ2) is 4.75. The number of nitrogens with two attached hydrogens (primary N) is 1. The second-order valence-corrected chi connectivity index (χ2v) is 4.49. The van der Waals surface area contributed by atoms with Gasteiger partial charge in [-0.05, 0) is 32.5 Å². The normalized spacial score (nSPS) is 11.8. The Labute approximate surface area is 101 Å². The second-order valence-electron chi connectivity index (χ2n) is 4.49. The van der Waals surface area contributed by atoms with Gasteiger partial charge in [-0.1, -0.05) is 6.92 Å². The van der Waals surface area contributed by atoms with Crippen LogP contribution in [0.2, 0.25) is 0 Å². The van der Waals surface area contributed by atoms with Crippen LogP contribution in [0.4, 0.5) is 5.69 Å². The van der Waals surface area contributed by atoms with Crippen LogP contribution in [-0.2, 0) is 6.54 Å². The molecule has 2 N–H and O–H groups in total. The maximum atomic E-state index is 5.71. The minimum Gasteiger partial charge on any atom is -0.439 e. The number of anilines is 1. The van der Waals surface area contributed by atoms with E-state index in [1.54, 1.807) is 0 Å². The van der Waals surface area contributed by atoms with Gasteiger partial charge in [0.1, 0.15) is 5.52 Å². The van der Waals surface area contributed by atoms with Gasteiger partial charge in [-0.25, -0.2) is 4.98 Å².